The van der Waals surface area contributed by atoms with Crippen LogP contribution >= 0.6 is 22.9 Å². The van der Waals surface area contributed by atoms with Crippen LogP contribution in [-0.2, 0) is 20.9 Å². The van der Waals surface area contributed by atoms with Crippen LogP contribution in [0.2, 0.25) is 5.02 Å². The Bertz CT molecular complexity index is 2770. The number of aliphatic hydroxyl groups excluding tert-OH is 1. The van der Waals surface area contributed by atoms with Gasteiger partial charge in [-0.2, -0.15) is 0 Å². The maximum Gasteiger partial charge on any atom is 0.246 e. The van der Waals surface area contributed by atoms with Crippen molar-refractivity contribution < 1.29 is 23.9 Å². The monoisotopic (exact) mass is 1040 g/mol. The first-order valence-corrected chi connectivity index (χ1v) is 27.6. The Labute approximate surface area is 439 Å². The number of anilines is 2. The highest BCUT2D eigenvalue weighted by atomic mass is 35.5. The van der Waals surface area contributed by atoms with Crippen molar-refractivity contribution in [3.63, 3.8) is 0 Å². The standard InChI is InChI=1S/C56H74ClFN10O4S/c1-35-23-39(24-36(2)48(35)58)28-68-45-26-42(57)25-44(49(45)63-54(68)66-32-56(33-66)30-59-31-56)65-21-19-64(20-22-65)18-12-10-8-9-11-13-47(70)62-51(55(5,6)7)53(72)67-29-43(69)27-46(67)52(71)61-37(3)40-14-16-41(17-15-40)50-38(4)60-34-73-50/h14-17,23-26,34,37,43,46,51,59,69H,8-13,18-22,27-33H2,1-7H3,(H,61,71)(H,62,70)/t37-,43+,46-,51+/m0/s1. The van der Waals surface area contributed by atoms with E-state index in [4.69, 9.17) is 16.6 Å². The predicted octanol–water partition coefficient (Wildman–Crippen LogP) is 8.17. The van der Waals surface area contributed by atoms with Crippen molar-refractivity contribution in [1.29, 1.82) is 0 Å². The molecule has 6 heterocycles. The first kappa shape index (κ1) is 52.7. The number of carbonyl (C=O) groups excluding carboxylic acids is 3. The number of likely N-dealkylation sites (tertiary alicyclic amines) is 1. The summed E-state index contributed by atoms with van der Waals surface area (Å²) in [7, 11) is 0. The van der Waals surface area contributed by atoms with Crippen LogP contribution in [0.15, 0.2) is 54.0 Å². The van der Waals surface area contributed by atoms with Crippen molar-refractivity contribution in [1.82, 2.24) is 40.3 Å². The average molecular weight is 1040 g/mol. The lowest BCUT2D eigenvalue weighted by atomic mass is 9.75. The molecule has 17 heteroatoms. The minimum atomic E-state index is -0.856. The van der Waals surface area contributed by atoms with Gasteiger partial charge in [0, 0.05) is 82.2 Å². The molecule has 3 aromatic carbocycles. The van der Waals surface area contributed by atoms with E-state index in [-0.39, 0.29) is 42.5 Å². The van der Waals surface area contributed by atoms with Crippen molar-refractivity contribution in [2.24, 2.45) is 10.8 Å². The molecular formula is C56H74ClFN10O4S. The lowest BCUT2D eigenvalue weighted by Gasteiger charge is -2.56. The number of imidazole rings is 1. The van der Waals surface area contributed by atoms with Crippen LogP contribution in [0.25, 0.3) is 21.5 Å². The molecule has 4 atom stereocenters. The van der Waals surface area contributed by atoms with Gasteiger partial charge in [0.1, 0.15) is 23.4 Å². The van der Waals surface area contributed by atoms with E-state index in [0.29, 0.717) is 34.5 Å². The number of halogens is 2. The molecular weight excluding hydrogens is 963 g/mol. The molecule has 392 valence electrons. The number of aliphatic hydroxyl groups is 1. The van der Waals surface area contributed by atoms with Crippen LogP contribution in [0.3, 0.4) is 0 Å². The van der Waals surface area contributed by atoms with Gasteiger partial charge in [0.05, 0.1) is 46.0 Å². The van der Waals surface area contributed by atoms with Gasteiger partial charge in [0.15, 0.2) is 0 Å². The summed E-state index contributed by atoms with van der Waals surface area (Å²) in [5, 5.41) is 20.9. The zero-order valence-electron chi connectivity index (χ0n) is 43.7. The zero-order chi connectivity index (χ0) is 51.8. The largest absolute Gasteiger partial charge is 0.391 e. The first-order valence-electron chi connectivity index (χ1n) is 26.3. The van der Waals surface area contributed by atoms with Crippen LogP contribution in [-0.4, -0.2) is 131 Å². The molecule has 0 radical (unpaired) electrons. The van der Waals surface area contributed by atoms with E-state index in [1.54, 1.807) is 11.3 Å². The van der Waals surface area contributed by atoms with E-state index in [2.05, 4.69) is 46.3 Å². The van der Waals surface area contributed by atoms with E-state index >= 15 is 0 Å². The number of aryl methyl sites for hydroxylation is 3. The Kier molecular flexibility index (Phi) is 15.9. The molecule has 4 fully saturated rings. The van der Waals surface area contributed by atoms with Crippen molar-refractivity contribution in [2.75, 3.05) is 75.2 Å². The number of carbonyl (C=O) groups is 3. The van der Waals surface area contributed by atoms with E-state index in [9.17, 15) is 23.9 Å². The van der Waals surface area contributed by atoms with Crippen molar-refractivity contribution >= 4 is 63.3 Å². The van der Waals surface area contributed by atoms with E-state index in [1.807, 2.05) is 96.4 Å². The molecule has 14 nitrogen and oxygen atoms in total. The second-order valence-corrected chi connectivity index (χ2v) is 23.8. The second kappa shape index (κ2) is 22.0. The Morgan fingerprint density at radius 1 is 0.932 bits per heavy atom. The van der Waals surface area contributed by atoms with Gasteiger partial charge in [-0.3, -0.25) is 19.3 Å². The molecule has 0 unspecified atom stereocenters. The number of hydrogen-bond acceptors (Lipinski definition) is 11. The number of fused-ring (bicyclic) bond motifs is 1. The summed E-state index contributed by atoms with van der Waals surface area (Å²) in [4.78, 5) is 60.9. The molecule has 4 aliphatic rings. The molecule has 2 aromatic heterocycles. The first-order chi connectivity index (χ1) is 34.9. The molecule has 4 saturated heterocycles. The van der Waals surface area contributed by atoms with Gasteiger partial charge >= 0.3 is 0 Å². The van der Waals surface area contributed by atoms with Gasteiger partial charge < -0.3 is 40.3 Å². The van der Waals surface area contributed by atoms with Crippen LogP contribution in [0.1, 0.15) is 107 Å². The number of nitrogens with one attached hydrogen (secondary N) is 3. The predicted molar refractivity (Wildman–Crippen MR) is 290 cm³/mol. The summed E-state index contributed by atoms with van der Waals surface area (Å²) in [6.07, 6.45) is 4.40. The number of nitrogens with zero attached hydrogens (tertiary/aromatic N) is 7. The highest BCUT2D eigenvalue weighted by Crippen LogP contribution is 2.41. The summed E-state index contributed by atoms with van der Waals surface area (Å²) in [5.41, 5.74) is 9.85. The van der Waals surface area contributed by atoms with E-state index in [0.717, 1.165) is 141 Å². The summed E-state index contributed by atoms with van der Waals surface area (Å²) < 4.78 is 16.9. The fraction of sp³-hybridized carbons (Fsp3) is 0.554. The Morgan fingerprint density at radius 3 is 2.26 bits per heavy atom. The van der Waals surface area contributed by atoms with Gasteiger partial charge in [-0.05, 0) is 92.4 Å². The summed E-state index contributed by atoms with van der Waals surface area (Å²) in [5.74, 6) is -0.0760. The van der Waals surface area contributed by atoms with E-state index < -0.39 is 23.6 Å². The molecule has 3 amide bonds. The number of unbranched alkanes of at least 4 members (excludes halogenated alkanes) is 4. The summed E-state index contributed by atoms with van der Waals surface area (Å²) in [6, 6.07) is 14.0. The van der Waals surface area contributed by atoms with Gasteiger partial charge in [-0.25, -0.2) is 14.4 Å². The number of β-amino-alcohol motifs (C(OH)–C–C–N with tert-alkyl or cyclic N) is 1. The molecule has 0 aliphatic carbocycles. The summed E-state index contributed by atoms with van der Waals surface area (Å²) >= 11 is 8.49. The number of benzene rings is 3. The Hall–Kier alpha value is -5.13. The van der Waals surface area contributed by atoms with Crippen LogP contribution in [0.4, 0.5) is 16.0 Å². The van der Waals surface area contributed by atoms with E-state index in [1.165, 1.54) is 4.90 Å². The average Bonchev–Trinajstić information content (AvgIpc) is 4.04. The van der Waals surface area contributed by atoms with Gasteiger partial charge in [0.25, 0.3) is 0 Å². The Balaban J connectivity index is 0.723. The fourth-order valence-corrected chi connectivity index (χ4v) is 12.3. The minimum Gasteiger partial charge on any atom is -0.391 e. The third-order valence-electron chi connectivity index (χ3n) is 15.6. The highest BCUT2D eigenvalue weighted by Gasteiger charge is 2.49. The van der Waals surface area contributed by atoms with Gasteiger partial charge in [-0.1, -0.05) is 88.0 Å². The maximum absolute atomic E-state index is 14.7. The lowest BCUT2D eigenvalue weighted by Crippen LogP contribution is -2.71. The lowest BCUT2D eigenvalue weighted by molar-refractivity contribution is -0.144. The number of piperazine rings is 1. The number of rotatable bonds is 18. The number of amides is 3. The number of aromatic nitrogens is 3. The third kappa shape index (κ3) is 11.7. The number of hydrogen-bond donors (Lipinski definition) is 4. The molecule has 1 spiro atoms. The second-order valence-electron chi connectivity index (χ2n) is 22.5. The fourth-order valence-electron chi connectivity index (χ4n) is 11.3. The minimum absolute atomic E-state index is 0.0310. The van der Waals surface area contributed by atoms with Crippen molar-refractivity contribution in [3.8, 4) is 10.4 Å². The SMILES string of the molecule is Cc1cc(Cn2c(N3CC4(CNC4)C3)nc3c(N4CCN(CCCCCCCC(=O)N[C@H](C(=O)N5C[C@H](O)C[C@H]5C(=O)N[C@@H](C)c5ccc(-c6scnc6C)cc5)C(C)(C)C)CC4)cc(Cl)cc32)cc(C)c1F. The normalized spacial score (nSPS) is 19.8. The number of thiazole rings is 1. The maximum atomic E-state index is 14.7. The third-order valence-corrected chi connectivity index (χ3v) is 16.8. The molecule has 0 saturated carbocycles. The summed E-state index contributed by atoms with van der Waals surface area (Å²) in [6.45, 7) is 22.5. The van der Waals surface area contributed by atoms with Crippen molar-refractivity contribution in [3.05, 3.63) is 92.8 Å². The molecule has 0 bridgehead atoms. The Morgan fingerprint density at radius 2 is 1.62 bits per heavy atom. The molecule has 5 aromatic rings. The zero-order valence-corrected chi connectivity index (χ0v) is 45.3. The topological polar surface area (TPSA) is 151 Å². The smallest absolute Gasteiger partial charge is 0.246 e. The quantitative estimate of drug-likeness (QED) is 0.0634. The van der Waals surface area contributed by atoms with Crippen LogP contribution < -0.4 is 25.8 Å². The highest BCUT2D eigenvalue weighted by molar-refractivity contribution is 7.13. The molecule has 4 N–H and O–H groups in total. The van der Waals surface area contributed by atoms with Gasteiger partial charge in [-0.15, -0.1) is 11.3 Å². The molecule has 4 aliphatic heterocycles. The van der Waals surface area contributed by atoms with Gasteiger partial charge in [0.2, 0.25) is 23.7 Å². The van der Waals surface area contributed by atoms with Crippen LogP contribution in [0, 0.1) is 37.4 Å². The molecule has 73 heavy (non-hydrogen) atoms. The van der Waals surface area contributed by atoms with Crippen molar-refractivity contribution in [2.45, 2.75) is 124 Å². The molecule has 9 rings (SSSR count). The van der Waals surface area contributed by atoms with Crippen LogP contribution in [0.5, 0.6) is 0 Å².